The number of amides is 1. The molecule has 2 rings (SSSR count). The van der Waals surface area contributed by atoms with Gasteiger partial charge in [0.2, 0.25) is 5.91 Å². The maximum absolute atomic E-state index is 12.1. The standard InChI is InChI=1S/C20H32N2O2S/c1-4-18(5-2)20(23)21-14-16(3)24-19-8-6-7-17(13-19)15-22-9-11-25-12-10-22/h6-8,13,16,18H,4-5,9-12,14-15H2,1-3H3,(H,21,23)/t16-/m1/s1. The van der Waals surface area contributed by atoms with E-state index in [1.165, 1.54) is 17.1 Å². The van der Waals surface area contributed by atoms with Crippen molar-refractivity contribution in [3.05, 3.63) is 29.8 Å². The summed E-state index contributed by atoms with van der Waals surface area (Å²) in [5, 5.41) is 3.01. The van der Waals surface area contributed by atoms with Crippen molar-refractivity contribution in [1.82, 2.24) is 10.2 Å². The fraction of sp³-hybridized carbons (Fsp3) is 0.650. The topological polar surface area (TPSA) is 41.6 Å². The van der Waals surface area contributed by atoms with Crippen LogP contribution in [0.5, 0.6) is 5.75 Å². The summed E-state index contributed by atoms with van der Waals surface area (Å²) in [6.07, 6.45) is 1.73. The van der Waals surface area contributed by atoms with Crippen molar-refractivity contribution in [3.63, 3.8) is 0 Å². The number of benzene rings is 1. The predicted molar refractivity (Wildman–Crippen MR) is 106 cm³/mol. The molecule has 0 bridgehead atoms. The fourth-order valence-electron chi connectivity index (χ4n) is 3.06. The summed E-state index contributed by atoms with van der Waals surface area (Å²) in [4.78, 5) is 14.6. The first kappa shape index (κ1) is 20.1. The molecule has 1 aliphatic heterocycles. The van der Waals surface area contributed by atoms with Crippen LogP contribution < -0.4 is 10.1 Å². The lowest BCUT2D eigenvalue weighted by molar-refractivity contribution is -0.125. The summed E-state index contributed by atoms with van der Waals surface area (Å²) < 4.78 is 6.00. The highest BCUT2D eigenvalue weighted by atomic mass is 32.2. The van der Waals surface area contributed by atoms with Crippen LogP contribution in [0.3, 0.4) is 0 Å². The van der Waals surface area contributed by atoms with Gasteiger partial charge in [-0.2, -0.15) is 11.8 Å². The molecule has 140 valence electrons. The van der Waals surface area contributed by atoms with Crippen LogP contribution in [0.1, 0.15) is 39.2 Å². The van der Waals surface area contributed by atoms with Crippen molar-refractivity contribution in [2.24, 2.45) is 5.92 Å². The van der Waals surface area contributed by atoms with Crippen molar-refractivity contribution >= 4 is 17.7 Å². The molecule has 0 saturated carbocycles. The molecule has 1 N–H and O–H groups in total. The number of thioether (sulfide) groups is 1. The van der Waals surface area contributed by atoms with E-state index in [9.17, 15) is 4.79 Å². The van der Waals surface area contributed by atoms with Gasteiger partial charge in [-0.25, -0.2) is 0 Å². The van der Waals surface area contributed by atoms with Gasteiger partial charge in [0.25, 0.3) is 0 Å². The van der Waals surface area contributed by atoms with E-state index in [4.69, 9.17) is 4.74 Å². The molecular formula is C20H32N2O2S. The van der Waals surface area contributed by atoms with Crippen molar-refractivity contribution < 1.29 is 9.53 Å². The number of rotatable bonds is 9. The molecule has 0 radical (unpaired) electrons. The van der Waals surface area contributed by atoms with Gasteiger partial charge in [0.05, 0.1) is 6.54 Å². The molecule has 1 amide bonds. The predicted octanol–water partition coefficient (Wildman–Crippen LogP) is 3.56. The Kier molecular flexibility index (Phi) is 8.62. The SMILES string of the molecule is CCC(CC)C(=O)NC[C@@H](C)Oc1cccc(CN2CCSCC2)c1. The number of nitrogens with zero attached hydrogens (tertiary/aromatic N) is 1. The van der Waals surface area contributed by atoms with E-state index in [0.29, 0.717) is 6.54 Å². The zero-order chi connectivity index (χ0) is 18.1. The molecule has 1 aromatic carbocycles. The molecule has 1 atom stereocenters. The Morgan fingerprint density at radius 3 is 2.68 bits per heavy atom. The van der Waals surface area contributed by atoms with Gasteiger partial charge in [-0.3, -0.25) is 9.69 Å². The summed E-state index contributed by atoms with van der Waals surface area (Å²) >= 11 is 2.03. The Morgan fingerprint density at radius 2 is 2.00 bits per heavy atom. The second kappa shape index (κ2) is 10.7. The van der Waals surface area contributed by atoms with Gasteiger partial charge < -0.3 is 10.1 Å². The fourth-order valence-corrected chi connectivity index (χ4v) is 4.04. The second-order valence-corrected chi connectivity index (χ2v) is 7.95. The van der Waals surface area contributed by atoms with E-state index >= 15 is 0 Å². The van der Waals surface area contributed by atoms with Crippen LogP contribution in [0.25, 0.3) is 0 Å². The van der Waals surface area contributed by atoms with Crippen LogP contribution in [0, 0.1) is 5.92 Å². The van der Waals surface area contributed by atoms with Crippen molar-refractivity contribution in [2.75, 3.05) is 31.1 Å². The van der Waals surface area contributed by atoms with Gasteiger partial charge in [0, 0.05) is 37.1 Å². The maximum Gasteiger partial charge on any atom is 0.223 e. The van der Waals surface area contributed by atoms with Crippen molar-refractivity contribution in [3.8, 4) is 5.75 Å². The van der Waals surface area contributed by atoms with Crippen LogP contribution in [0.4, 0.5) is 0 Å². The molecular weight excluding hydrogens is 332 g/mol. The molecule has 1 fully saturated rings. The van der Waals surface area contributed by atoms with Crippen molar-refractivity contribution in [1.29, 1.82) is 0 Å². The summed E-state index contributed by atoms with van der Waals surface area (Å²) in [6.45, 7) is 9.96. The molecule has 25 heavy (non-hydrogen) atoms. The third kappa shape index (κ3) is 6.90. The maximum atomic E-state index is 12.1. The average molecular weight is 365 g/mol. The summed E-state index contributed by atoms with van der Waals surface area (Å²) in [5.74, 6) is 3.58. The minimum Gasteiger partial charge on any atom is -0.489 e. The van der Waals surface area contributed by atoms with E-state index in [1.54, 1.807) is 0 Å². The average Bonchev–Trinajstić information content (AvgIpc) is 2.62. The molecule has 0 aromatic heterocycles. The van der Waals surface area contributed by atoms with Crippen LogP contribution >= 0.6 is 11.8 Å². The lowest BCUT2D eigenvalue weighted by Crippen LogP contribution is -2.37. The minimum atomic E-state index is -0.0417. The summed E-state index contributed by atoms with van der Waals surface area (Å²) in [6, 6.07) is 8.34. The number of ether oxygens (including phenoxy) is 1. The van der Waals surface area contributed by atoms with Gasteiger partial charge in [-0.1, -0.05) is 26.0 Å². The quantitative estimate of drug-likeness (QED) is 0.727. The van der Waals surface area contributed by atoms with Crippen LogP contribution in [0.15, 0.2) is 24.3 Å². The van der Waals surface area contributed by atoms with Gasteiger partial charge >= 0.3 is 0 Å². The van der Waals surface area contributed by atoms with Crippen LogP contribution in [-0.2, 0) is 11.3 Å². The van der Waals surface area contributed by atoms with Gasteiger partial charge in [-0.05, 0) is 37.5 Å². The van der Waals surface area contributed by atoms with Gasteiger partial charge in [0.1, 0.15) is 11.9 Å². The molecule has 0 spiro atoms. The van der Waals surface area contributed by atoms with E-state index in [-0.39, 0.29) is 17.9 Å². The largest absolute Gasteiger partial charge is 0.489 e. The number of carbonyl (C=O) groups is 1. The zero-order valence-electron chi connectivity index (χ0n) is 15.8. The molecule has 1 heterocycles. The van der Waals surface area contributed by atoms with E-state index in [1.807, 2.05) is 24.8 Å². The molecule has 0 unspecified atom stereocenters. The van der Waals surface area contributed by atoms with Crippen molar-refractivity contribution in [2.45, 2.75) is 46.3 Å². The number of nitrogens with one attached hydrogen (secondary N) is 1. The summed E-state index contributed by atoms with van der Waals surface area (Å²) in [7, 11) is 0. The first-order chi connectivity index (χ1) is 12.1. The molecule has 1 saturated heterocycles. The third-order valence-electron chi connectivity index (χ3n) is 4.67. The highest BCUT2D eigenvalue weighted by Crippen LogP contribution is 2.18. The number of hydrogen-bond donors (Lipinski definition) is 1. The minimum absolute atomic E-state index is 0.0417. The Balaban J connectivity index is 1.81. The second-order valence-electron chi connectivity index (χ2n) is 6.72. The Morgan fingerprint density at radius 1 is 1.28 bits per heavy atom. The molecule has 1 aromatic rings. The molecule has 1 aliphatic rings. The van der Waals surface area contributed by atoms with E-state index in [2.05, 4.69) is 42.3 Å². The monoisotopic (exact) mass is 364 g/mol. The highest BCUT2D eigenvalue weighted by molar-refractivity contribution is 7.99. The summed E-state index contributed by atoms with van der Waals surface area (Å²) in [5.41, 5.74) is 1.29. The van der Waals surface area contributed by atoms with E-state index in [0.717, 1.165) is 38.2 Å². The lowest BCUT2D eigenvalue weighted by Gasteiger charge is -2.26. The number of hydrogen-bond acceptors (Lipinski definition) is 4. The molecule has 5 heteroatoms. The highest BCUT2D eigenvalue weighted by Gasteiger charge is 2.15. The van der Waals surface area contributed by atoms with E-state index < -0.39 is 0 Å². The van der Waals surface area contributed by atoms with Crippen LogP contribution in [0.2, 0.25) is 0 Å². The molecule has 0 aliphatic carbocycles. The van der Waals surface area contributed by atoms with Gasteiger partial charge in [0.15, 0.2) is 0 Å². The first-order valence-electron chi connectivity index (χ1n) is 9.45. The normalized spacial score (nSPS) is 16.6. The smallest absolute Gasteiger partial charge is 0.223 e. The van der Waals surface area contributed by atoms with Crippen LogP contribution in [-0.4, -0.2) is 48.1 Å². The zero-order valence-corrected chi connectivity index (χ0v) is 16.6. The Hall–Kier alpha value is -1.20. The third-order valence-corrected chi connectivity index (χ3v) is 5.61. The lowest BCUT2D eigenvalue weighted by atomic mass is 10.0. The van der Waals surface area contributed by atoms with Gasteiger partial charge in [-0.15, -0.1) is 0 Å². The first-order valence-corrected chi connectivity index (χ1v) is 10.6. The number of carbonyl (C=O) groups excluding carboxylic acids is 1. The Bertz CT molecular complexity index is 528. The molecule has 4 nitrogen and oxygen atoms in total. The Labute approximate surface area is 156 Å².